The smallest absolute Gasteiger partial charge is 0.349 e. The quantitative estimate of drug-likeness (QED) is 0.675. The summed E-state index contributed by atoms with van der Waals surface area (Å²) < 4.78 is 0. The van der Waals surface area contributed by atoms with Crippen LogP contribution in [0, 0.1) is 0 Å². The number of para-hydroxylation sites is 1. The summed E-state index contributed by atoms with van der Waals surface area (Å²) >= 11 is 0. The molecule has 7 nitrogen and oxygen atoms in total. The molecular formula is C13H14N4O3. The third kappa shape index (κ3) is 3.21. The van der Waals surface area contributed by atoms with E-state index in [1.54, 1.807) is 24.4 Å². The highest BCUT2D eigenvalue weighted by Gasteiger charge is 2.18. The summed E-state index contributed by atoms with van der Waals surface area (Å²) in [6, 6.07) is 7.98. The first-order chi connectivity index (χ1) is 9.58. The molecule has 5 N–H and O–H groups in total. The number of anilines is 1. The molecule has 0 unspecified atom stereocenters. The van der Waals surface area contributed by atoms with Crippen LogP contribution in [0.15, 0.2) is 36.5 Å². The van der Waals surface area contributed by atoms with E-state index in [4.69, 9.17) is 16.3 Å². The van der Waals surface area contributed by atoms with Crippen LogP contribution in [0.1, 0.15) is 6.42 Å². The lowest BCUT2D eigenvalue weighted by Gasteiger charge is -2.11. The summed E-state index contributed by atoms with van der Waals surface area (Å²) in [4.78, 5) is 31.2. The molecule has 7 heteroatoms. The highest BCUT2D eigenvalue weighted by molar-refractivity contribution is 5.90. The largest absolute Gasteiger partial charge is 0.370 e. The number of benzene rings is 1. The van der Waals surface area contributed by atoms with Crippen molar-refractivity contribution in [3.63, 3.8) is 0 Å². The summed E-state index contributed by atoms with van der Waals surface area (Å²) in [7, 11) is 0. The molecule has 1 heterocycles. The van der Waals surface area contributed by atoms with Crippen LogP contribution >= 0.6 is 0 Å². The zero-order valence-electron chi connectivity index (χ0n) is 10.6. The minimum Gasteiger partial charge on any atom is -0.370 e. The molecule has 0 aliphatic rings. The van der Waals surface area contributed by atoms with Gasteiger partial charge in [-0.05, 0) is 12.1 Å². The summed E-state index contributed by atoms with van der Waals surface area (Å²) in [5.41, 5.74) is 14.1. The van der Waals surface area contributed by atoms with Crippen molar-refractivity contribution in [2.75, 3.05) is 5.48 Å². The van der Waals surface area contributed by atoms with Crippen molar-refractivity contribution in [3.8, 4) is 0 Å². The zero-order valence-corrected chi connectivity index (χ0v) is 10.6. The van der Waals surface area contributed by atoms with E-state index in [9.17, 15) is 9.59 Å². The Hall–Kier alpha value is -2.67. The molecule has 0 aliphatic carbocycles. The van der Waals surface area contributed by atoms with Gasteiger partial charge in [-0.15, -0.1) is 0 Å². The van der Waals surface area contributed by atoms with Gasteiger partial charge in [-0.3, -0.25) is 9.78 Å². The van der Waals surface area contributed by atoms with Gasteiger partial charge in [0.2, 0.25) is 5.91 Å². The predicted molar refractivity (Wildman–Crippen MR) is 73.2 cm³/mol. The van der Waals surface area contributed by atoms with Crippen molar-refractivity contribution < 1.29 is 14.4 Å². The Labute approximate surface area is 114 Å². The number of hydrogen-bond donors (Lipinski definition) is 3. The molecular weight excluding hydrogens is 260 g/mol. The zero-order chi connectivity index (χ0) is 14.5. The first-order valence-electron chi connectivity index (χ1n) is 5.92. The van der Waals surface area contributed by atoms with E-state index in [-0.39, 0.29) is 6.42 Å². The predicted octanol–water partition coefficient (Wildman–Crippen LogP) is 0.308. The molecule has 0 fully saturated rings. The van der Waals surface area contributed by atoms with E-state index >= 15 is 0 Å². The molecule has 1 aromatic heterocycles. The molecule has 0 saturated heterocycles. The van der Waals surface area contributed by atoms with E-state index in [2.05, 4.69) is 10.5 Å². The molecule has 0 spiro atoms. The second-order valence-corrected chi connectivity index (χ2v) is 4.18. The second kappa shape index (κ2) is 5.98. The number of nitrogens with one attached hydrogen (secondary N) is 1. The average Bonchev–Trinajstić information content (AvgIpc) is 2.44. The Bertz CT molecular complexity index is 639. The number of pyridine rings is 1. The van der Waals surface area contributed by atoms with Gasteiger partial charge in [-0.25, -0.2) is 10.3 Å². The van der Waals surface area contributed by atoms with E-state index in [0.29, 0.717) is 11.2 Å². The Morgan fingerprint density at radius 2 is 2.05 bits per heavy atom. The number of carbonyl (C=O) groups excluding carboxylic acids is 2. The molecule has 20 heavy (non-hydrogen) atoms. The number of hydrogen-bond acceptors (Lipinski definition) is 6. The van der Waals surface area contributed by atoms with Gasteiger partial charge in [0.15, 0.2) is 0 Å². The monoisotopic (exact) mass is 274 g/mol. The number of fused-ring (bicyclic) bond motifs is 1. The van der Waals surface area contributed by atoms with Crippen molar-refractivity contribution in [1.82, 2.24) is 4.98 Å². The minimum absolute atomic E-state index is 0.270. The molecule has 0 saturated carbocycles. The summed E-state index contributed by atoms with van der Waals surface area (Å²) in [5.74, 6) is -1.43. The third-order valence-corrected chi connectivity index (χ3v) is 2.62. The van der Waals surface area contributed by atoms with Crippen molar-refractivity contribution in [2.24, 2.45) is 11.5 Å². The van der Waals surface area contributed by atoms with Gasteiger partial charge in [0.1, 0.15) is 6.04 Å². The van der Waals surface area contributed by atoms with Gasteiger partial charge in [0, 0.05) is 11.6 Å². The SMILES string of the molecule is NC(=O)C[C@H](N)C(=O)ONc1cccc2cccnc12. The lowest BCUT2D eigenvalue weighted by atomic mass is 10.2. The number of aromatic nitrogens is 1. The van der Waals surface area contributed by atoms with Gasteiger partial charge in [-0.2, -0.15) is 0 Å². The normalized spacial score (nSPS) is 11.8. The first kappa shape index (κ1) is 13.8. The molecule has 104 valence electrons. The fourth-order valence-electron chi connectivity index (χ4n) is 1.67. The average molecular weight is 274 g/mol. The molecule has 1 amide bonds. The van der Waals surface area contributed by atoms with Gasteiger partial charge >= 0.3 is 5.97 Å². The first-order valence-corrected chi connectivity index (χ1v) is 5.92. The number of carbonyl (C=O) groups is 2. The van der Waals surface area contributed by atoms with Gasteiger partial charge in [-0.1, -0.05) is 18.2 Å². The molecule has 2 rings (SSSR count). The van der Waals surface area contributed by atoms with Crippen LogP contribution in [0.5, 0.6) is 0 Å². The van der Waals surface area contributed by atoms with E-state index < -0.39 is 17.9 Å². The van der Waals surface area contributed by atoms with Crippen LogP contribution < -0.4 is 16.9 Å². The number of nitrogens with zero attached hydrogens (tertiary/aromatic N) is 1. The molecule has 2 aromatic rings. The number of amides is 1. The highest BCUT2D eigenvalue weighted by atomic mass is 16.7. The van der Waals surface area contributed by atoms with Crippen LogP contribution in [0.2, 0.25) is 0 Å². The van der Waals surface area contributed by atoms with Gasteiger partial charge in [0.05, 0.1) is 17.6 Å². The summed E-state index contributed by atoms with van der Waals surface area (Å²) in [6.45, 7) is 0. The number of rotatable bonds is 5. The lowest BCUT2D eigenvalue weighted by molar-refractivity contribution is -0.143. The second-order valence-electron chi connectivity index (χ2n) is 4.18. The Morgan fingerprint density at radius 1 is 1.30 bits per heavy atom. The van der Waals surface area contributed by atoms with Crippen molar-refractivity contribution >= 4 is 28.5 Å². The van der Waals surface area contributed by atoms with E-state index in [1.807, 2.05) is 12.1 Å². The van der Waals surface area contributed by atoms with Crippen molar-refractivity contribution in [3.05, 3.63) is 36.5 Å². The molecule has 1 atom stereocenters. The van der Waals surface area contributed by atoms with Crippen LogP contribution in [-0.4, -0.2) is 22.9 Å². The highest BCUT2D eigenvalue weighted by Crippen LogP contribution is 2.20. The maximum Gasteiger partial charge on any atom is 0.349 e. The van der Waals surface area contributed by atoms with Crippen molar-refractivity contribution in [2.45, 2.75) is 12.5 Å². The standard InChI is InChI=1S/C13H14N4O3/c14-9(7-11(15)18)13(19)20-17-10-5-1-3-8-4-2-6-16-12(8)10/h1-6,9,17H,7,14H2,(H2,15,18)/t9-/m0/s1. The van der Waals surface area contributed by atoms with Crippen LogP contribution in [-0.2, 0) is 14.4 Å². The fourth-order valence-corrected chi connectivity index (χ4v) is 1.67. The van der Waals surface area contributed by atoms with Crippen LogP contribution in [0.3, 0.4) is 0 Å². The Kier molecular flexibility index (Phi) is 4.11. The lowest BCUT2D eigenvalue weighted by Crippen LogP contribution is -2.37. The maximum atomic E-state index is 11.6. The molecule has 0 aliphatic heterocycles. The topological polar surface area (TPSA) is 120 Å². The fraction of sp³-hybridized carbons (Fsp3) is 0.154. The summed E-state index contributed by atoms with van der Waals surface area (Å²) in [5, 5.41) is 0.898. The number of nitrogens with two attached hydrogens (primary N) is 2. The molecule has 1 aromatic carbocycles. The maximum absolute atomic E-state index is 11.6. The molecule has 0 bridgehead atoms. The Balaban J connectivity index is 2.06. The summed E-state index contributed by atoms with van der Waals surface area (Å²) in [6.07, 6.45) is 1.36. The van der Waals surface area contributed by atoms with Crippen LogP contribution in [0.25, 0.3) is 10.9 Å². The van der Waals surface area contributed by atoms with E-state index in [1.165, 1.54) is 0 Å². The minimum atomic E-state index is -1.09. The Morgan fingerprint density at radius 3 is 2.80 bits per heavy atom. The number of primary amides is 1. The van der Waals surface area contributed by atoms with Gasteiger partial charge in [0.25, 0.3) is 0 Å². The van der Waals surface area contributed by atoms with Crippen molar-refractivity contribution in [1.29, 1.82) is 0 Å². The van der Waals surface area contributed by atoms with Crippen LogP contribution in [0.4, 0.5) is 5.69 Å². The van der Waals surface area contributed by atoms with Gasteiger partial charge < -0.3 is 16.3 Å². The third-order valence-electron chi connectivity index (χ3n) is 2.62. The molecule has 0 radical (unpaired) electrons. The van der Waals surface area contributed by atoms with E-state index in [0.717, 1.165) is 5.39 Å².